The second-order valence-electron chi connectivity index (χ2n) is 2.89. The summed E-state index contributed by atoms with van der Waals surface area (Å²) < 4.78 is 4.31. The van der Waals surface area contributed by atoms with Gasteiger partial charge in [0.15, 0.2) is 6.29 Å². The Bertz CT molecular complexity index is 113. The highest BCUT2D eigenvalue weighted by molar-refractivity contribution is 5.84. The number of carbonyl (C=O) groups excluding carboxylic acids is 1. The average molecular weight is 160 g/mol. The molecule has 0 aromatic carbocycles. The molecule has 0 heterocycles. The molecule has 1 rings (SSSR count). The van der Waals surface area contributed by atoms with Gasteiger partial charge in [-0.15, -0.1) is 0 Å². The SMILES string of the molecule is CC1CC(=O)C1.COC(C)O. The predicted molar refractivity (Wildman–Crippen MR) is 42.1 cm³/mol. The van der Waals surface area contributed by atoms with E-state index in [2.05, 4.69) is 11.7 Å². The van der Waals surface area contributed by atoms with Gasteiger partial charge in [0.05, 0.1) is 0 Å². The van der Waals surface area contributed by atoms with Gasteiger partial charge in [0, 0.05) is 20.0 Å². The number of ether oxygens (including phenoxy) is 1. The number of carbonyl (C=O) groups is 1. The second kappa shape index (κ2) is 5.27. The normalized spacial score (nSPS) is 19.8. The van der Waals surface area contributed by atoms with Crippen molar-refractivity contribution in [1.29, 1.82) is 0 Å². The van der Waals surface area contributed by atoms with Crippen molar-refractivity contribution < 1.29 is 14.6 Å². The minimum Gasteiger partial charge on any atom is -0.368 e. The molecule has 11 heavy (non-hydrogen) atoms. The van der Waals surface area contributed by atoms with Gasteiger partial charge in [-0.3, -0.25) is 4.79 Å². The van der Waals surface area contributed by atoms with Crippen LogP contribution in [0.3, 0.4) is 0 Å². The van der Waals surface area contributed by atoms with E-state index in [1.807, 2.05) is 0 Å². The summed E-state index contributed by atoms with van der Waals surface area (Å²) in [7, 11) is 1.45. The third-order valence-corrected chi connectivity index (χ3v) is 1.49. The van der Waals surface area contributed by atoms with Crippen molar-refractivity contribution in [2.45, 2.75) is 33.0 Å². The minimum absolute atomic E-state index is 0.433. The summed E-state index contributed by atoms with van der Waals surface area (Å²) in [6.45, 7) is 3.65. The Balaban J connectivity index is 0.000000187. The first kappa shape index (κ1) is 10.6. The quantitative estimate of drug-likeness (QED) is 0.581. The molecule has 0 amide bonds. The molecule has 0 radical (unpaired) electrons. The number of hydrogen-bond donors (Lipinski definition) is 1. The molecule has 0 aromatic rings. The highest BCUT2D eigenvalue weighted by Crippen LogP contribution is 2.20. The second-order valence-corrected chi connectivity index (χ2v) is 2.89. The van der Waals surface area contributed by atoms with Crippen molar-refractivity contribution in [2.75, 3.05) is 7.11 Å². The number of hydrogen-bond acceptors (Lipinski definition) is 3. The van der Waals surface area contributed by atoms with E-state index in [0.29, 0.717) is 11.7 Å². The number of ketones is 1. The van der Waals surface area contributed by atoms with Crippen LogP contribution in [-0.2, 0) is 9.53 Å². The van der Waals surface area contributed by atoms with Crippen LogP contribution in [0.2, 0.25) is 0 Å². The summed E-state index contributed by atoms with van der Waals surface area (Å²) in [6, 6.07) is 0. The standard InChI is InChI=1S/C5H8O.C3H8O2/c1-4-2-5(6)3-4;1-3(4)5-2/h4H,2-3H2,1H3;3-4H,1-2H3. The number of Topliss-reactive ketones (excluding diaryl/α,β-unsaturated/α-hetero) is 1. The van der Waals surface area contributed by atoms with E-state index in [1.54, 1.807) is 6.92 Å². The highest BCUT2D eigenvalue weighted by atomic mass is 16.6. The van der Waals surface area contributed by atoms with Crippen molar-refractivity contribution in [1.82, 2.24) is 0 Å². The van der Waals surface area contributed by atoms with Gasteiger partial charge in [-0.2, -0.15) is 0 Å². The fraction of sp³-hybridized carbons (Fsp3) is 0.875. The number of rotatable bonds is 1. The monoisotopic (exact) mass is 160 g/mol. The van der Waals surface area contributed by atoms with E-state index in [-0.39, 0.29) is 0 Å². The molecular weight excluding hydrogens is 144 g/mol. The van der Waals surface area contributed by atoms with Crippen LogP contribution in [0.4, 0.5) is 0 Å². The molecule has 1 atom stereocenters. The first-order chi connectivity index (χ1) is 5.06. The van der Waals surface area contributed by atoms with E-state index in [9.17, 15) is 4.79 Å². The lowest BCUT2D eigenvalue weighted by atomic mass is 9.86. The zero-order valence-electron chi connectivity index (χ0n) is 7.33. The molecule has 1 fully saturated rings. The summed E-state index contributed by atoms with van der Waals surface area (Å²) in [5.74, 6) is 1.13. The van der Waals surface area contributed by atoms with Crippen LogP contribution in [0.5, 0.6) is 0 Å². The molecule has 1 aliphatic rings. The Morgan fingerprint density at radius 1 is 1.64 bits per heavy atom. The Hall–Kier alpha value is -0.410. The molecule has 1 N–H and O–H groups in total. The molecule has 1 saturated carbocycles. The van der Waals surface area contributed by atoms with Crippen molar-refractivity contribution in [3.63, 3.8) is 0 Å². The smallest absolute Gasteiger partial charge is 0.151 e. The summed E-state index contributed by atoms with van der Waals surface area (Å²) in [5, 5.41) is 8.14. The van der Waals surface area contributed by atoms with Crippen LogP contribution in [0.25, 0.3) is 0 Å². The zero-order valence-corrected chi connectivity index (χ0v) is 7.33. The van der Waals surface area contributed by atoms with Gasteiger partial charge in [-0.25, -0.2) is 0 Å². The van der Waals surface area contributed by atoms with Crippen LogP contribution in [-0.4, -0.2) is 24.3 Å². The van der Waals surface area contributed by atoms with Gasteiger partial charge in [0.2, 0.25) is 0 Å². The Kier molecular flexibility index (Phi) is 5.07. The van der Waals surface area contributed by atoms with Crippen LogP contribution in [0, 0.1) is 5.92 Å². The topological polar surface area (TPSA) is 46.5 Å². The molecule has 0 aliphatic heterocycles. The summed E-state index contributed by atoms with van der Waals surface area (Å²) in [4.78, 5) is 10.1. The maximum atomic E-state index is 10.1. The molecular formula is C8H16O3. The first-order valence-corrected chi connectivity index (χ1v) is 3.78. The third-order valence-electron chi connectivity index (χ3n) is 1.49. The highest BCUT2D eigenvalue weighted by Gasteiger charge is 2.20. The Morgan fingerprint density at radius 2 is 2.00 bits per heavy atom. The summed E-state index contributed by atoms with van der Waals surface area (Å²) in [6.07, 6.45) is 1.05. The molecule has 0 saturated heterocycles. The molecule has 0 bridgehead atoms. The van der Waals surface area contributed by atoms with Gasteiger partial charge in [-0.05, 0) is 12.8 Å². The van der Waals surface area contributed by atoms with Gasteiger partial charge < -0.3 is 9.84 Å². The van der Waals surface area contributed by atoms with Crippen molar-refractivity contribution >= 4 is 5.78 Å². The van der Waals surface area contributed by atoms with Gasteiger partial charge in [-0.1, -0.05) is 6.92 Å². The van der Waals surface area contributed by atoms with Gasteiger partial charge in [0.25, 0.3) is 0 Å². The van der Waals surface area contributed by atoms with E-state index in [4.69, 9.17) is 5.11 Å². The molecule has 66 valence electrons. The van der Waals surface area contributed by atoms with Gasteiger partial charge >= 0.3 is 0 Å². The van der Waals surface area contributed by atoms with E-state index >= 15 is 0 Å². The fourth-order valence-corrected chi connectivity index (χ4v) is 0.718. The Morgan fingerprint density at radius 3 is 2.00 bits per heavy atom. The number of aliphatic hydroxyl groups is 1. The Labute approximate surface area is 67.4 Å². The lowest BCUT2D eigenvalue weighted by molar-refractivity contribution is -0.126. The maximum Gasteiger partial charge on any atom is 0.151 e. The lowest BCUT2D eigenvalue weighted by Gasteiger charge is -2.17. The fourth-order valence-electron chi connectivity index (χ4n) is 0.718. The van der Waals surface area contributed by atoms with Gasteiger partial charge in [0.1, 0.15) is 5.78 Å². The molecule has 1 aliphatic carbocycles. The van der Waals surface area contributed by atoms with E-state index in [0.717, 1.165) is 12.8 Å². The molecule has 0 aromatic heterocycles. The van der Waals surface area contributed by atoms with Crippen LogP contribution in [0.15, 0.2) is 0 Å². The van der Waals surface area contributed by atoms with Crippen molar-refractivity contribution in [2.24, 2.45) is 5.92 Å². The number of methoxy groups -OCH3 is 1. The van der Waals surface area contributed by atoms with Crippen LogP contribution >= 0.6 is 0 Å². The minimum atomic E-state index is -0.616. The molecule has 3 nitrogen and oxygen atoms in total. The van der Waals surface area contributed by atoms with Crippen LogP contribution < -0.4 is 0 Å². The van der Waals surface area contributed by atoms with Crippen molar-refractivity contribution in [3.05, 3.63) is 0 Å². The maximum absolute atomic E-state index is 10.1. The lowest BCUT2D eigenvalue weighted by Crippen LogP contribution is -2.19. The van der Waals surface area contributed by atoms with E-state index < -0.39 is 6.29 Å². The molecule has 1 unspecified atom stereocenters. The van der Waals surface area contributed by atoms with Crippen molar-refractivity contribution in [3.8, 4) is 0 Å². The van der Waals surface area contributed by atoms with E-state index in [1.165, 1.54) is 7.11 Å². The molecule has 3 heteroatoms. The average Bonchev–Trinajstić information content (AvgIpc) is 1.87. The third kappa shape index (κ3) is 6.01. The largest absolute Gasteiger partial charge is 0.368 e. The zero-order chi connectivity index (χ0) is 8.85. The predicted octanol–water partition coefficient (Wildman–Crippen LogP) is 0.956. The summed E-state index contributed by atoms with van der Waals surface area (Å²) in [5.41, 5.74) is 0. The summed E-state index contributed by atoms with van der Waals surface area (Å²) >= 11 is 0. The van der Waals surface area contributed by atoms with Crippen LogP contribution in [0.1, 0.15) is 26.7 Å². The first-order valence-electron chi connectivity index (χ1n) is 3.78. The molecule has 0 spiro atoms. The number of aliphatic hydroxyl groups excluding tert-OH is 1.